The van der Waals surface area contributed by atoms with E-state index in [0.29, 0.717) is 18.2 Å². The van der Waals surface area contributed by atoms with E-state index in [2.05, 4.69) is 19.2 Å². The van der Waals surface area contributed by atoms with E-state index < -0.39 is 11.7 Å². The first-order chi connectivity index (χ1) is 12.5. The fourth-order valence-electron chi connectivity index (χ4n) is 2.97. The molecule has 0 atom stereocenters. The van der Waals surface area contributed by atoms with Crippen molar-refractivity contribution in [2.24, 2.45) is 5.92 Å². The van der Waals surface area contributed by atoms with Crippen LogP contribution in [0.2, 0.25) is 0 Å². The number of carbonyl (C=O) groups is 2. The SMILES string of the molecule is Cc1ccc(-c2cc3ccccn3c2C(=O)C(=O)NCCC(C)C)cc1. The van der Waals surface area contributed by atoms with Gasteiger partial charge in [-0.25, -0.2) is 0 Å². The maximum Gasteiger partial charge on any atom is 0.294 e. The molecular formula is C22H24N2O2. The molecule has 1 N–H and O–H groups in total. The molecule has 0 spiro atoms. The summed E-state index contributed by atoms with van der Waals surface area (Å²) < 4.78 is 1.79. The number of aryl methyl sites for hydroxylation is 1. The lowest BCUT2D eigenvalue weighted by molar-refractivity contribution is -0.117. The largest absolute Gasteiger partial charge is 0.349 e. The van der Waals surface area contributed by atoms with Crippen LogP contribution >= 0.6 is 0 Å². The lowest BCUT2D eigenvalue weighted by Gasteiger charge is -2.09. The van der Waals surface area contributed by atoms with E-state index in [9.17, 15) is 9.59 Å². The van der Waals surface area contributed by atoms with Gasteiger partial charge in [0, 0.05) is 23.8 Å². The van der Waals surface area contributed by atoms with Gasteiger partial charge in [-0.05, 0) is 43.0 Å². The monoisotopic (exact) mass is 348 g/mol. The molecule has 0 saturated carbocycles. The summed E-state index contributed by atoms with van der Waals surface area (Å²) in [4.78, 5) is 25.4. The second-order valence-corrected chi connectivity index (χ2v) is 7.04. The van der Waals surface area contributed by atoms with Crippen molar-refractivity contribution in [3.05, 3.63) is 66.0 Å². The lowest BCUT2D eigenvalue weighted by atomic mass is 10.0. The van der Waals surface area contributed by atoms with Crippen molar-refractivity contribution in [2.75, 3.05) is 6.54 Å². The number of benzene rings is 1. The highest BCUT2D eigenvalue weighted by molar-refractivity contribution is 6.43. The predicted octanol–water partition coefficient (Wildman–Crippen LogP) is 4.26. The van der Waals surface area contributed by atoms with E-state index in [-0.39, 0.29) is 0 Å². The van der Waals surface area contributed by atoms with Crippen LogP contribution in [-0.2, 0) is 4.79 Å². The number of carbonyl (C=O) groups excluding carboxylic acids is 2. The van der Waals surface area contributed by atoms with Crippen molar-refractivity contribution in [1.29, 1.82) is 0 Å². The van der Waals surface area contributed by atoms with Gasteiger partial charge in [0.25, 0.3) is 11.7 Å². The van der Waals surface area contributed by atoms with E-state index >= 15 is 0 Å². The third-order valence-electron chi connectivity index (χ3n) is 4.47. The summed E-state index contributed by atoms with van der Waals surface area (Å²) in [7, 11) is 0. The van der Waals surface area contributed by atoms with Crippen LogP contribution in [0.15, 0.2) is 54.7 Å². The van der Waals surface area contributed by atoms with Crippen molar-refractivity contribution in [1.82, 2.24) is 9.72 Å². The van der Waals surface area contributed by atoms with Gasteiger partial charge in [-0.15, -0.1) is 0 Å². The van der Waals surface area contributed by atoms with E-state index in [1.165, 1.54) is 0 Å². The Morgan fingerprint density at radius 2 is 1.81 bits per heavy atom. The minimum Gasteiger partial charge on any atom is -0.349 e. The van der Waals surface area contributed by atoms with Gasteiger partial charge >= 0.3 is 0 Å². The van der Waals surface area contributed by atoms with Gasteiger partial charge in [0.05, 0.1) is 0 Å². The first kappa shape index (κ1) is 17.9. The van der Waals surface area contributed by atoms with E-state index in [4.69, 9.17) is 0 Å². The lowest BCUT2D eigenvalue weighted by Crippen LogP contribution is -2.33. The van der Waals surface area contributed by atoms with Gasteiger partial charge < -0.3 is 9.72 Å². The minimum atomic E-state index is -0.553. The van der Waals surface area contributed by atoms with E-state index in [1.54, 1.807) is 4.40 Å². The quantitative estimate of drug-likeness (QED) is 0.534. The fraction of sp³-hybridized carbons (Fsp3) is 0.273. The van der Waals surface area contributed by atoms with Crippen LogP contribution in [0.5, 0.6) is 0 Å². The zero-order valence-electron chi connectivity index (χ0n) is 15.5. The molecule has 0 aliphatic heterocycles. The van der Waals surface area contributed by atoms with Crippen molar-refractivity contribution in [3.8, 4) is 11.1 Å². The molecule has 2 heterocycles. The highest BCUT2D eigenvalue weighted by Gasteiger charge is 2.24. The van der Waals surface area contributed by atoms with Gasteiger partial charge in [-0.3, -0.25) is 9.59 Å². The second-order valence-electron chi connectivity index (χ2n) is 7.04. The zero-order valence-corrected chi connectivity index (χ0v) is 15.5. The molecule has 0 fully saturated rings. The van der Waals surface area contributed by atoms with Crippen molar-refractivity contribution >= 4 is 17.2 Å². The molecule has 4 heteroatoms. The topological polar surface area (TPSA) is 50.6 Å². The number of Topliss-reactive ketones (excluding diaryl/α,β-unsaturated/α-hetero) is 1. The van der Waals surface area contributed by atoms with Crippen LogP contribution in [0.3, 0.4) is 0 Å². The van der Waals surface area contributed by atoms with E-state index in [1.807, 2.05) is 61.7 Å². The number of nitrogens with one attached hydrogen (secondary N) is 1. The molecule has 0 radical (unpaired) electrons. The molecule has 0 bridgehead atoms. The molecular weight excluding hydrogens is 324 g/mol. The molecule has 3 rings (SSSR count). The minimum absolute atomic E-state index is 0.409. The Kier molecular flexibility index (Phi) is 5.21. The predicted molar refractivity (Wildman–Crippen MR) is 104 cm³/mol. The smallest absolute Gasteiger partial charge is 0.294 e. The zero-order chi connectivity index (χ0) is 18.7. The van der Waals surface area contributed by atoms with Crippen LogP contribution in [0, 0.1) is 12.8 Å². The third kappa shape index (κ3) is 3.69. The van der Waals surface area contributed by atoms with Gasteiger partial charge in [0.15, 0.2) is 0 Å². The number of hydrogen-bond acceptors (Lipinski definition) is 2. The third-order valence-corrected chi connectivity index (χ3v) is 4.47. The summed E-state index contributed by atoms with van der Waals surface area (Å²) >= 11 is 0. The fourth-order valence-corrected chi connectivity index (χ4v) is 2.97. The molecule has 3 aromatic rings. The molecule has 26 heavy (non-hydrogen) atoms. The Balaban J connectivity index is 2.00. The number of fused-ring (bicyclic) bond motifs is 1. The van der Waals surface area contributed by atoms with Gasteiger partial charge in [0.1, 0.15) is 5.69 Å². The summed E-state index contributed by atoms with van der Waals surface area (Å²) in [6.45, 7) is 6.70. The van der Waals surface area contributed by atoms with Crippen LogP contribution in [0.4, 0.5) is 0 Å². The second kappa shape index (κ2) is 7.56. The summed E-state index contributed by atoms with van der Waals surface area (Å²) in [6, 6.07) is 15.7. The molecule has 1 amide bonds. The molecule has 2 aromatic heterocycles. The van der Waals surface area contributed by atoms with Crippen molar-refractivity contribution in [3.63, 3.8) is 0 Å². The molecule has 4 nitrogen and oxygen atoms in total. The first-order valence-corrected chi connectivity index (χ1v) is 8.97. The average Bonchev–Trinajstić information content (AvgIpc) is 3.00. The number of hydrogen-bond donors (Lipinski definition) is 1. The van der Waals surface area contributed by atoms with E-state index in [0.717, 1.165) is 28.6 Å². The summed E-state index contributed by atoms with van der Waals surface area (Å²) in [5.74, 6) is -0.582. The number of aromatic nitrogens is 1. The Labute approximate surface area is 153 Å². The Morgan fingerprint density at radius 3 is 2.50 bits per heavy atom. The Hall–Kier alpha value is -2.88. The van der Waals surface area contributed by atoms with Crippen molar-refractivity contribution in [2.45, 2.75) is 27.2 Å². The molecule has 0 aliphatic rings. The summed E-state index contributed by atoms with van der Waals surface area (Å²) in [5, 5.41) is 2.75. The van der Waals surface area contributed by atoms with Crippen LogP contribution in [-0.4, -0.2) is 22.6 Å². The number of nitrogens with zero attached hydrogens (tertiary/aromatic N) is 1. The molecule has 0 aliphatic carbocycles. The molecule has 0 unspecified atom stereocenters. The number of pyridine rings is 1. The number of rotatable bonds is 6. The van der Waals surface area contributed by atoms with Crippen LogP contribution < -0.4 is 5.32 Å². The average molecular weight is 348 g/mol. The van der Waals surface area contributed by atoms with Crippen LogP contribution in [0.1, 0.15) is 36.3 Å². The van der Waals surface area contributed by atoms with Gasteiger partial charge in [-0.1, -0.05) is 49.7 Å². The Morgan fingerprint density at radius 1 is 1.08 bits per heavy atom. The highest BCUT2D eigenvalue weighted by atomic mass is 16.2. The summed E-state index contributed by atoms with van der Waals surface area (Å²) in [6.07, 6.45) is 2.67. The maximum absolute atomic E-state index is 12.9. The van der Waals surface area contributed by atoms with Crippen LogP contribution in [0.25, 0.3) is 16.6 Å². The van der Waals surface area contributed by atoms with Gasteiger partial charge in [0.2, 0.25) is 0 Å². The summed E-state index contributed by atoms with van der Waals surface area (Å²) in [5.41, 5.74) is 4.16. The first-order valence-electron chi connectivity index (χ1n) is 8.97. The highest BCUT2D eigenvalue weighted by Crippen LogP contribution is 2.28. The number of amides is 1. The molecule has 0 saturated heterocycles. The maximum atomic E-state index is 12.9. The van der Waals surface area contributed by atoms with Crippen molar-refractivity contribution < 1.29 is 9.59 Å². The number of ketones is 1. The standard InChI is InChI=1S/C22H24N2O2/c1-15(2)11-12-23-22(26)21(25)20-19(17-9-7-16(3)8-10-17)14-18-6-4-5-13-24(18)20/h4-10,13-15H,11-12H2,1-3H3,(H,23,26). The molecule has 134 valence electrons. The van der Waals surface area contributed by atoms with Gasteiger partial charge in [-0.2, -0.15) is 0 Å². The Bertz CT molecular complexity index is 936. The molecule has 1 aromatic carbocycles. The normalized spacial score (nSPS) is 11.1.